The van der Waals surface area contributed by atoms with Crippen LogP contribution in [0, 0.1) is 11.3 Å². The second-order valence-corrected chi connectivity index (χ2v) is 5.62. The zero-order valence-electron chi connectivity index (χ0n) is 10.2. The van der Waals surface area contributed by atoms with Gasteiger partial charge in [-0.3, -0.25) is 0 Å². The minimum atomic E-state index is -0.282. The van der Waals surface area contributed by atoms with Crippen molar-refractivity contribution in [1.82, 2.24) is 0 Å². The molecule has 0 bridgehead atoms. The van der Waals surface area contributed by atoms with Crippen LogP contribution >= 0.6 is 15.9 Å². The van der Waals surface area contributed by atoms with Crippen LogP contribution in [0.1, 0.15) is 37.7 Å². The average Bonchev–Trinajstić information content (AvgIpc) is 2.57. The first-order valence-corrected chi connectivity index (χ1v) is 7.14. The molecule has 0 aromatic heterocycles. The van der Waals surface area contributed by atoms with E-state index < -0.39 is 0 Å². The summed E-state index contributed by atoms with van der Waals surface area (Å²) in [7, 11) is 0. The molecule has 0 spiro atoms. The maximum absolute atomic E-state index is 10.1. The second kappa shape index (κ2) is 6.21. The molecular weight excluding hydrogens is 292 g/mol. The Bertz CT molecular complexity index is 456. The Balaban J connectivity index is 2.10. The standard InChI is InChI=1S/C14H17BrN2O/c15-11-8-10(9-16)6-7-12(11)17-13-4-2-1-3-5-14(13)18/h6-8,13-14,17-18H,1-5H2. The van der Waals surface area contributed by atoms with Gasteiger partial charge in [0.25, 0.3) is 0 Å². The minimum Gasteiger partial charge on any atom is -0.391 e. The zero-order chi connectivity index (χ0) is 13.0. The summed E-state index contributed by atoms with van der Waals surface area (Å²) >= 11 is 3.46. The molecule has 2 unspecified atom stereocenters. The predicted molar refractivity (Wildman–Crippen MR) is 75.4 cm³/mol. The predicted octanol–water partition coefficient (Wildman–Crippen LogP) is 3.43. The normalized spacial score (nSPS) is 24.1. The molecule has 96 valence electrons. The summed E-state index contributed by atoms with van der Waals surface area (Å²) in [4.78, 5) is 0. The highest BCUT2D eigenvalue weighted by Crippen LogP contribution is 2.27. The van der Waals surface area contributed by atoms with Crippen molar-refractivity contribution in [3.63, 3.8) is 0 Å². The van der Waals surface area contributed by atoms with Crippen molar-refractivity contribution in [3.8, 4) is 6.07 Å². The molecule has 1 aliphatic carbocycles. The van der Waals surface area contributed by atoms with Gasteiger partial charge >= 0.3 is 0 Å². The first-order valence-electron chi connectivity index (χ1n) is 6.35. The van der Waals surface area contributed by atoms with Gasteiger partial charge in [0, 0.05) is 10.2 Å². The molecule has 0 saturated heterocycles. The summed E-state index contributed by atoms with van der Waals surface area (Å²) in [6, 6.07) is 7.69. The highest BCUT2D eigenvalue weighted by atomic mass is 79.9. The molecule has 1 aliphatic rings. The lowest BCUT2D eigenvalue weighted by molar-refractivity contribution is 0.144. The quantitative estimate of drug-likeness (QED) is 0.823. The fraction of sp³-hybridized carbons (Fsp3) is 0.500. The highest BCUT2D eigenvalue weighted by molar-refractivity contribution is 9.10. The molecule has 18 heavy (non-hydrogen) atoms. The number of anilines is 1. The summed E-state index contributed by atoms with van der Waals surface area (Å²) < 4.78 is 0.873. The van der Waals surface area contributed by atoms with E-state index in [-0.39, 0.29) is 12.1 Å². The molecule has 2 atom stereocenters. The van der Waals surface area contributed by atoms with Crippen LogP contribution in [0.3, 0.4) is 0 Å². The third-order valence-corrected chi connectivity index (χ3v) is 4.07. The lowest BCUT2D eigenvalue weighted by Crippen LogP contribution is -2.32. The van der Waals surface area contributed by atoms with Gasteiger partial charge in [-0.1, -0.05) is 19.3 Å². The van der Waals surface area contributed by atoms with Crippen molar-refractivity contribution in [2.75, 3.05) is 5.32 Å². The number of aliphatic hydroxyl groups is 1. The van der Waals surface area contributed by atoms with Gasteiger partial charge in [-0.15, -0.1) is 0 Å². The number of halogens is 1. The van der Waals surface area contributed by atoms with E-state index in [1.165, 1.54) is 6.42 Å². The van der Waals surface area contributed by atoms with Crippen LogP contribution in [-0.2, 0) is 0 Å². The number of nitrogens with one attached hydrogen (secondary N) is 1. The van der Waals surface area contributed by atoms with Crippen LogP contribution in [0.15, 0.2) is 22.7 Å². The lowest BCUT2D eigenvalue weighted by atomic mass is 10.1. The van der Waals surface area contributed by atoms with Crippen molar-refractivity contribution in [1.29, 1.82) is 5.26 Å². The number of hydrogen-bond acceptors (Lipinski definition) is 3. The van der Waals surface area contributed by atoms with Gasteiger partial charge in [-0.25, -0.2) is 0 Å². The van der Waals surface area contributed by atoms with Gasteiger partial charge in [-0.2, -0.15) is 5.26 Å². The van der Waals surface area contributed by atoms with E-state index >= 15 is 0 Å². The Kier molecular flexibility index (Phi) is 4.62. The summed E-state index contributed by atoms with van der Waals surface area (Å²) in [5.74, 6) is 0. The summed E-state index contributed by atoms with van der Waals surface area (Å²) in [6.45, 7) is 0. The molecule has 0 aliphatic heterocycles. The molecule has 0 heterocycles. The van der Waals surface area contributed by atoms with Crippen LogP contribution < -0.4 is 5.32 Å². The van der Waals surface area contributed by atoms with Gasteiger partial charge in [0.2, 0.25) is 0 Å². The Morgan fingerprint density at radius 2 is 2.06 bits per heavy atom. The molecule has 1 saturated carbocycles. The minimum absolute atomic E-state index is 0.108. The van der Waals surface area contributed by atoms with Crippen LogP contribution in [0.2, 0.25) is 0 Å². The van der Waals surface area contributed by atoms with Crippen LogP contribution in [0.25, 0.3) is 0 Å². The van der Waals surface area contributed by atoms with E-state index in [2.05, 4.69) is 27.3 Å². The van der Waals surface area contributed by atoms with Gasteiger partial charge in [0.1, 0.15) is 0 Å². The highest BCUT2D eigenvalue weighted by Gasteiger charge is 2.21. The summed E-state index contributed by atoms with van der Waals surface area (Å²) in [5, 5.41) is 22.3. The van der Waals surface area contributed by atoms with Crippen molar-refractivity contribution in [2.24, 2.45) is 0 Å². The van der Waals surface area contributed by atoms with Crippen molar-refractivity contribution in [2.45, 2.75) is 44.2 Å². The van der Waals surface area contributed by atoms with E-state index in [0.29, 0.717) is 5.56 Å². The Labute approximate surface area is 116 Å². The molecule has 3 nitrogen and oxygen atoms in total. The Hall–Kier alpha value is -1.05. The second-order valence-electron chi connectivity index (χ2n) is 4.76. The lowest BCUT2D eigenvalue weighted by Gasteiger charge is -2.23. The third kappa shape index (κ3) is 3.24. The first kappa shape index (κ1) is 13.4. The maximum Gasteiger partial charge on any atom is 0.0992 e. The molecule has 4 heteroatoms. The Morgan fingerprint density at radius 1 is 1.28 bits per heavy atom. The maximum atomic E-state index is 10.1. The summed E-state index contributed by atoms with van der Waals surface area (Å²) in [6.07, 6.45) is 5.04. The van der Waals surface area contributed by atoms with Gasteiger partial charge in [0.15, 0.2) is 0 Å². The van der Waals surface area contributed by atoms with Gasteiger partial charge in [-0.05, 0) is 47.0 Å². The SMILES string of the molecule is N#Cc1ccc(NC2CCCCCC2O)c(Br)c1. The van der Waals surface area contributed by atoms with E-state index in [1.54, 1.807) is 12.1 Å². The Morgan fingerprint density at radius 3 is 2.78 bits per heavy atom. The summed E-state index contributed by atoms with van der Waals surface area (Å²) in [5.41, 5.74) is 1.58. The van der Waals surface area contributed by atoms with E-state index in [4.69, 9.17) is 5.26 Å². The van der Waals surface area contributed by atoms with E-state index in [0.717, 1.165) is 35.8 Å². The average molecular weight is 309 g/mol. The third-order valence-electron chi connectivity index (χ3n) is 3.42. The van der Waals surface area contributed by atoms with Crippen molar-refractivity contribution < 1.29 is 5.11 Å². The fourth-order valence-electron chi connectivity index (χ4n) is 2.36. The van der Waals surface area contributed by atoms with Crippen LogP contribution in [0.5, 0.6) is 0 Å². The van der Waals surface area contributed by atoms with E-state index in [1.807, 2.05) is 6.07 Å². The van der Waals surface area contributed by atoms with Crippen molar-refractivity contribution >= 4 is 21.6 Å². The number of nitrogens with zero attached hydrogens (tertiary/aromatic N) is 1. The monoisotopic (exact) mass is 308 g/mol. The molecule has 0 radical (unpaired) electrons. The smallest absolute Gasteiger partial charge is 0.0992 e. The largest absolute Gasteiger partial charge is 0.391 e. The molecule has 1 aromatic rings. The van der Waals surface area contributed by atoms with Crippen LogP contribution in [-0.4, -0.2) is 17.3 Å². The fourth-order valence-corrected chi connectivity index (χ4v) is 2.85. The molecule has 1 aromatic carbocycles. The molecular formula is C14H17BrN2O. The zero-order valence-corrected chi connectivity index (χ0v) is 11.8. The molecule has 2 N–H and O–H groups in total. The first-order chi connectivity index (χ1) is 8.70. The number of aliphatic hydroxyl groups excluding tert-OH is 1. The molecule has 2 rings (SSSR count). The van der Waals surface area contributed by atoms with Crippen LogP contribution in [0.4, 0.5) is 5.69 Å². The number of hydrogen-bond donors (Lipinski definition) is 2. The number of benzene rings is 1. The van der Waals surface area contributed by atoms with Gasteiger partial charge < -0.3 is 10.4 Å². The number of rotatable bonds is 2. The topological polar surface area (TPSA) is 56.0 Å². The van der Waals surface area contributed by atoms with Crippen molar-refractivity contribution in [3.05, 3.63) is 28.2 Å². The molecule has 1 fully saturated rings. The number of nitriles is 1. The van der Waals surface area contributed by atoms with E-state index in [9.17, 15) is 5.11 Å². The van der Waals surface area contributed by atoms with Gasteiger partial charge in [0.05, 0.1) is 23.8 Å². The molecule has 0 amide bonds.